The lowest BCUT2D eigenvalue weighted by Crippen LogP contribution is -2.58. The lowest BCUT2D eigenvalue weighted by molar-refractivity contribution is -0.140. The number of carbonyl (C=O) groups is 2. The fourth-order valence-corrected chi connectivity index (χ4v) is 2.19. The van der Waals surface area contributed by atoms with Crippen molar-refractivity contribution >= 4 is 12.0 Å². The third kappa shape index (κ3) is 3.59. The zero-order chi connectivity index (χ0) is 16.3. The Morgan fingerprint density at radius 2 is 1.86 bits per heavy atom. The van der Waals surface area contributed by atoms with Gasteiger partial charge >= 0.3 is 12.0 Å². The number of nitrogens with one attached hydrogen (secondary N) is 1. The van der Waals surface area contributed by atoms with Crippen molar-refractivity contribution in [3.05, 3.63) is 29.8 Å². The molecule has 5 nitrogen and oxygen atoms in total. The second-order valence-corrected chi connectivity index (χ2v) is 6.48. The molecule has 1 aliphatic heterocycles. The van der Waals surface area contributed by atoms with Crippen molar-refractivity contribution in [3.63, 3.8) is 0 Å². The number of para-hydroxylation sites is 1. The van der Waals surface area contributed by atoms with Crippen LogP contribution in [0.25, 0.3) is 0 Å². The van der Waals surface area contributed by atoms with E-state index < -0.39 is 11.5 Å². The summed E-state index contributed by atoms with van der Waals surface area (Å²) in [6.45, 7) is 8.89. The summed E-state index contributed by atoms with van der Waals surface area (Å²) in [5.74, 6) is 0.339. The van der Waals surface area contributed by atoms with Gasteiger partial charge in [-0.25, -0.2) is 9.59 Å². The second-order valence-electron chi connectivity index (χ2n) is 6.48. The largest absolute Gasteiger partial charge is 0.425 e. The highest BCUT2D eigenvalue weighted by Crippen LogP contribution is 2.27. The lowest BCUT2D eigenvalue weighted by Gasteiger charge is -2.34. The molecule has 5 heteroatoms. The van der Waals surface area contributed by atoms with Gasteiger partial charge in [0.25, 0.3) is 0 Å². The van der Waals surface area contributed by atoms with Crippen LogP contribution in [0.2, 0.25) is 0 Å². The van der Waals surface area contributed by atoms with E-state index in [1.807, 2.05) is 32.0 Å². The third-order valence-corrected chi connectivity index (χ3v) is 3.82. The Kier molecular flexibility index (Phi) is 4.74. The molecule has 0 bridgehead atoms. The number of rotatable bonds is 4. The smallest absolute Gasteiger partial charge is 0.336 e. The van der Waals surface area contributed by atoms with Crippen LogP contribution in [0.15, 0.2) is 24.3 Å². The van der Waals surface area contributed by atoms with Gasteiger partial charge in [-0.1, -0.05) is 32.0 Å². The zero-order valence-corrected chi connectivity index (χ0v) is 13.7. The van der Waals surface area contributed by atoms with Crippen LogP contribution in [0.4, 0.5) is 4.79 Å². The summed E-state index contributed by atoms with van der Waals surface area (Å²) >= 11 is 0. The molecule has 1 aromatic carbocycles. The van der Waals surface area contributed by atoms with Crippen molar-refractivity contribution in [2.24, 2.45) is 0 Å². The van der Waals surface area contributed by atoms with E-state index in [1.165, 1.54) is 0 Å². The van der Waals surface area contributed by atoms with Crippen molar-refractivity contribution in [2.75, 3.05) is 13.1 Å². The molecule has 0 spiro atoms. The van der Waals surface area contributed by atoms with Crippen LogP contribution >= 0.6 is 0 Å². The Morgan fingerprint density at radius 1 is 1.23 bits per heavy atom. The van der Waals surface area contributed by atoms with Crippen LogP contribution in [0.3, 0.4) is 0 Å². The number of amides is 2. The Labute approximate surface area is 131 Å². The molecule has 1 N–H and O–H groups in total. The number of carbonyl (C=O) groups excluding carboxylic acids is 2. The van der Waals surface area contributed by atoms with Crippen molar-refractivity contribution in [1.29, 1.82) is 0 Å². The van der Waals surface area contributed by atoms with E-state index in [2.05, 4.69) is 5.32 Å². The molecule has 0 saturated carbocycles. The van der Waals surface area contributed by atoms with Gasteiger partial charge in [0, 0.05) is 13.1 Å². The van der Waals surface area contributed by atoms with E-state index in [0.29, 0.717) is 5.75 Å². The number of hydrogen-bond acceptors (Lipinski definition) is 3. The molecule has 0 radical (unpaired) electrons. The van der Waals surface area contributed by atoms with Gasteiger partial charge in [-0.15, -0.1) is 0 Å². The first-order valence-electron chi connectivity index (χ1n) is 7.69. The molecule has 0 unspecified atom stereocenters. The fourth-order valence-electron chi connectivity index (χ4n) is 2.19. The predicted molar refractivity (Wildman–Crippen MR) is 85.0 cm³/mol. The Balaban J connectivity index is 2.05. The number of ether oxygens (including phenoxy) is 1. The monoisotopic (exact) mass is 304 g/mol. The quantitative estimate of drug-likeness (QED) is 0.687. The maximum Gasteiger partial charge on any atom is 0.336 e. The SMILES string of the molecule is CC(C)c1ccccc1OC(=O)C(C)(C)NC(=O)N1CCC1. The summed E-state index contributed by atoms with van der Waals surface area (Å²) in [5, 5.41) is 2.74. The summed E-state index contributed by atoms with van der Waals surface area (Å²) < 4.78 is 5.53. The summed E-state index contributed by atoms with van der Waals surface area (Å²) in [6, 6.07) is 7.26. The minimum absolute atomic E-state index is 0.217. The molecule has 2 amide bonds. The van der Waals surface area contributed by atoms with Crippen molar-refractivity contribution in [2.45, 2.75) is 45.6 Å². The van der Waals surface area contributed by atoms with E-state index in [1.54, 1.807) is 24.8 Å². The molecular formula is C17H24N2O3. The molecule has 2 rings (SSSR count). The van der Waals surface area contributed by atoms with Crippen LogP contribution in [-0.2, 0) is 4.79 Å². The minimum Gasteiger partial charge on any atom is -0.425 e. The third-order valence-electron chi connectivity index (χ3n) is 3.82. The molecule has 1 saturated heterocycles. The van der Waals surface area contributed by atoms with Crippen LogP contribution < -0.4 is 10.1 Å². The van der Waals surface area contributed by atoms with Crippen molar-refractivity contribution in [3.8, 4) is 5.75 Å². The Morgan fingerprint density at radius 3 is 2.41 bits per heavy atom. The highest BCUT2D eigenvalue weighted by atomic mass is 16.5. The second kappa shape index (κ2) is 6.38. The van der Waals surface area contributed by atoms with Crippen LogP contribution in [-0.4, -0.2) is 35.5 Å². The fraction of sp³-hybridized carbons (Fsp3) is 0.529. The molecule has 0 aromatic heterocycles. The molecule has 0 atom stereocenters. The molecule has 120 valence electrons. The average molecular weight is 304 g/mol. The Hall–Kier alpha value is -2.04. The lowest BCUT2D eigenvalue weighted by atomic mass is 10.0. The molecule has 22 heavy (non-hydrogen) atoms. The van der Waals surface area contributed by atoms with Gasteiger partial charge in [-0.05, 0) is 37.8 Å². The first-order chi connectivity index (χ1) is 10.3. The number of likely N-dealkylation sites (tertiary alicyclic amines) is 1. The number of urea groups is 1. The van der Waals surface area contributed by atoms with E-state index in [9.17, 15) is 9.59 Å². The standard InChI is InChI=1S/C17H24N2O3/c1-12(2)13-8-5-6-9-14(13)22-15(20)17(3,4)18-16(21)19-10-7-11-19/h5-6,8-9,12H,7,10-11H2,1-4H3,(H,18,21). The van der Waals surface area contributed by atoms with Gasteiger partial charge in [-0.3, -0.25) is 0 Å². The maximum absolute atomic E-state index is 12.4. The highest BCUT2D eigenvalue weighted by Gasteiger charge is 2.34. The highest BCUT2D eigenvalue weighted by molar-refractivity contribution is 5.88. The van der Waals surface area contributed by atoms with Gasteiger partial charge in [0.1, 0.15) is 11.3 Å². The number of hydrogen-bond donors (Lipinski definition) is 1. The van der Waals surface area contributed by atoms with Gasteiger partial charge in [0.05, 0.1) is 0 Å². The molecule has 1 heterocycles. The maximum atomic E-state index is 12.4. The van der Waals surface area contributed by atoms with E-state index >= 15 is 0 Å². The first kappa shape index (κ1) is 16.3. The normalized spacial score (nSPS) is 14.5. The van der Waals surface area contributed by atoms with Gasteiger partial charge < -0.3 is 15.0 Å². The number of esters is 1. The molecular weight excluding hydrogens is 280 g/mol. The van der Waals surface area contributed by atoms with Crippen molar-refractivity contribution < 1.29 is 14.3 Å². The van der Waals surface area contributed by atoms with Gasteiger partial charge in [0.2, 0.25) is 0 Å². The van der Waals surface area contributed by atoms with Crippen LogP contribution in [0.1, 0.15) is 45.6 Å². The average Bonchev–Trinajstić information content (AvgIpc) is 2.36. The molecule has 1 aliphatic rings. The van der Waals surface area contributed by atoms with E-state index in [4.69, 9.17) is 4.74 Å². The van der Waals surface area contributed by atoms with Gasteiger partial charge in [-0.2, -0.15) is 0 Å². The minimum atomic E-state index is -1.07. The molecule has 1 fully saturated rings. The Bertz CT molecular complexity index is 563. The summed E-state index contributed by atoms with van der Waals surface area (Å²) in [4.78, 5) is 26.1. The van der Waals surface area contributed by atoms with Crippen LogP contribution in [0, 0.1) is 0 Å². The number of nitrogens with zero attached hydrogens (tertiary/aromatic N) is 1. The number of benzene rings is 1. The summed E-state index contributed by atoms with van der Waals surface area (Å²) in [6.07, 6.45) is 1.01. The summed E-state index contributed by atoms with van der Waals surface area (Å²) in [7, 11) is 0. The van der Waals surface area contributed by atoms with Crippen molar-refractivity contribution in [1.82, 2.24) is 10.2 Å². The topological polar surface area (TPSA) is 58.6 Å². The zero-order valence-electron chi connectivity index (χ0n) is 13.7. The van der Waals surface area contributed by atoms with Gasteiger partial charge in [0.15, 0.2) is 0 Å². The predicted octanol–water partition coefficient (Wildman–Crippen LogP) is 2.91. The van der Waals surface area contributed by atoms with E-state index in [0.717, 1.165) is 25.1 Å². The molecule has 1 aromatic rings. The molecule has 0 aliphatic carbocycles. The first-order valence-corrected chi connectivity index (χ1v) is 7.69. The van der Waals surface area contributed by atoms with Crippen LogP contribution in [0.5, 0.6) is 5.75 Å². The summed E-state index contributed by atoms with van der Waals surface area (Å²) in [5.41, 5.74) is -0.0998. The van der Waals surface area contributed by atoms with E-state index in [-0.39, 0.29) is 11.9 Å².